The maximum absolute atomic E-state index is 12.0. The minimum absolute atomic E-state index is 0.0656. The van der Waals surface area contributed by atoms with Gasteiger partial charge in [0.15, 0.2) is 0 Å². The molecule has 1 amide bonds. The zero-order valence-electron chi connectivity index (χ0n) is 12.4. The number of aromatic amines is 1. The monoisotopic (exact) mass is 273 g/mol. The van der Waals surface area contributed by atoms with Gasteiger partial charge in [0.1, 0.15) is 0 Å². The van der Waals surface area contributed by atoms with E-state index < -0.39 is 6.04 Å². The third kappa shape index (κ3) is 3.61. The lowest BCUT2D eigenvalue weighted by molar-refractivity contribution is -0.122. The molecule has 0 saturated heterocycles. The van der Waals surface area contributed by atoms with Gasteiger partial charge in [-0.1, -0.05) is 39.0 Å². The predicted molar refractivity (Wildman–Crippen MR) is 82.4 cm³/mol. The summed E-state index contributed by atoms with van der Waals surface area (Å²) in [5.74, 6) is -0.0924. The van der Waals surface area contributed by atoms with Crippen LogP contribution in [-0.2, 0) is 11.2 Å². The second kappa shape index (κ2) is 5.67. The molecule has 108 valence electrons. The Bertz CT molecular complexity index is 595. The number of nitrogens with one attached hydrogen (secondary N) is 2. The number of hydrogen-bond acceptors (Lipinski definition) is 2. The molecule has 4 heteroatoms. The van der Waals surface area contributed by atoms with Gasteiger partial charge >= 0.3 is 0 Å². The van der Waals surface area contributed by atoms with Crippen molar-refractivity contribution in [3.8, 4) is 0 Å². The summed E-state index contributed by atoms with van der Waals surface area (Å²) in [4.78, 5) is 15.2. The van der Waals surface area contributed by atoms with E-state index in [4.69, 9.17) is 5.73 Å². The first kappa shape index (κ1) is 14.6. The number of fused-ring (bicyclic) bond motifs is 1. The lowest BCUT2D eigenvalue weighted by atomic mass is 9.96. The van der Waals surface area contributed by atoms with Crippen molar-refractivity contribution >= 4 is 16.8 Å². The second-order valence-corrected chi connectivity index (χ2v) is 6.45. The van der Waals surface area contributed by atoms with Crippen molar-refractivity contribution in [2.75, 3.05) is 6.54 Å². The van der Waals surface area contributed by atoms with E-state index in [1.807, 2.05) is 30.5 Å². The quantitative estimate of drug-likeness (QED) is 0.799. The molecule has 2 aromatic rings. The van der Waals surface area contributed by atoms with Gasteiger partial charge in [-0.15, -0.1) is 0 Å². The predicted octanol–water partition coefficient (Wildman–Crippen LogP) is 2.20. The van der Waals surface area contributed by atoms with Crippen LogP contribution in [0.4, 0.5) is 0 Å². The second-order valence-electron chi connectivity index (χ2n) is 6.45. The molecule has 0 spiro atoms. The molecule has 0 aliphatic carbocycles. The van der Waals surface area contributed by atoms with Crippen LogP contribution in [-0.4, -0.2) is 23.5 Å². The Balaban J connectivity index is 2.00. The van der Waals surface area contributed by atoms with Crippen LogP contribution in [0.3, 0.4) is 0 Å². The molecule has 1 atom stereocenters. The zero-order valence-corrected chi connectivity index (χ0v) is 12.4. The molecule has 0 fully saturated rings. The van der Waals surface area contributed by atoms with E-state index in [1.54, 1.807) is 0 Å². The van der Waals surface area contributed by atoms with Gasteiger partial charge in [0.05, 0.1) is 6.04 Å². The number of nitrogens with two attached hydrogens (primary N) is 1. The van der Waals surface area contributed by atoms with Crippen molar-refractivity contribution in [2.24, 2.45) is 11.1 Å². The Morgan fingerprint density at radius 1 is 1.35 bits per heavy atom. The molecule has 0 bridgehead atoms. The third-order valence-corrected chi connectivity index (χ3v) is 3.24. The van der Waals surface area contributed by atoms with Gasteiger partial charge in [-0.2, -0.15) is 0 Å². The first-order valence-electron chi connectivity index (χ1n) is 6.95. The summed E-state index contributed by atoms with van der Waals surface area (Å²) < 4.78 is 0. The van der Waals surface area contributed by atoms with Crippen molar-refractivity contribution < 1.29 is 4.79 Å². The van der Waals surface area contributed by atoms with E-state index >= 15 is 0 Å². The summed E-state index contributed by atoms with van der Waals surface area (Å²) in [6.07, 6.45) is 2.47. The van der Waals surface area contributed by atoms with Gasteiger partial charge in [0.25, 0.3) is 0 Å². The first-order chi connectivity index (χ1) is 9.37. The summed E-state index contributed by atoms with van der Waals surface area (Å²) in [5, 5.41) is 4.04. The minimum atomic E-state index is -0.517. The molecule has 20 heavy (non-hydrogen) atoms. The Kier molecular flexibility index (Phi) is 4.14. The van der Waals surface area contributed by atoms with Gasteiger partial charge in [0.2, 0.25) is 5.91 Å². The Hall–Kier alpha value is -1.81. The zero-order chi connectivity index (χ0) is 14.8. The SMILES string of the molecule is CC(C)(C)CNC(=O)[C@@H](N)Cc1c[nH]c2ccccc12. The Morgan fingerprint density at radius 2 is 2.05 bits per heavy atom. The highest BCUT2D eigenvalue weighted by molar-refractivity contribution is 5.86. The summed E-state index contributed by atoms with van der Waals surface area (Å²) >= 11 is 0. The molecule has 1 aromatic heterocycles. The molecule has 0 radical (unpaired) electrons. The fourth-order valence-corrected chi connectivity index (χ4v) is 2.11. The van der Waals surface area contributed by atoms with Crippen molar-refractivity contribution in [1.29, 1.82) is 0 Å². The topological polar surface area (TPSA) is 70.9 Å². The van der Waals surface area contributed by atoms with Crippen LogP contribution in [0, 0.1) is 5.41 Å². The van der Waals surface area contributed by atoms with E-state index in [0.29, 0.717) is 13.0 Å². The number of hydrogen-bond donors (Lipinski definition) is 3. The van der Waals surface area contributed by atoms with Crippen LogP contribution in [0.1, 0.15) is 26.3 Å². The minimum Gasteiger partial charge on any atom is -0.361 e. The van der Waals surface area contributed by atoms with Crippen LogP contribution in [0.15, 0.2) is 30.5 Å². The molecule has 4 N–H and O–H groups in total. The van der Waals surface area contributed by atoms with E-state index in [1.165, 1.54) is 0 Å². The number of carbonyl (C=O) groups is 1. The fraction of sp³-hybridized carbons (Fsp3) is 0.438. The maximum Gasteiger partial charge on any atom is 0.237 e. The molecule has 1 heterocycles. The molecule has 0 saturated carbocycles. The number of para-hydroxylation sites is 1. The lowest BCUT2D eigenvalue weighted by Crippen LogP contribution is -2.44. The van der Waals surface area contributed by atoms with Crippen molar-refractivity contribution in [3.63, 3.8) is 0 Å². The first-order valence-corrected chi connectivity index (χ1v) is 6.95. The third-order valence-electron chi connectivity index (χ3n) is 3.24. The lowest BCUT2D eigenvalue weighted by Gasteiger charge is -2.20. The summed E-state index contributed by atoms with van der Waals surface area (Å²) in [6, 6.07) is 7.52. The van der Waals surface area contributed by atoms with Crippen molar-refractivity contribution in [2.45, 2.75) is 33.2 Å². The molecule has 0 unspecified atom stereocenters. The number of benzene rings is 1. The van der Waals surface area contributed by atoms with Crippen LogP contribution < -0.4 is 11.1 Å². The maximum atomic E-state index is 12.0. The fourth-order valence-electron chi connectivity index (χ4n) is 2.11. The van der Waals surface area contributed by atoms with Gasteiger partial charge in [-0.3, -0.25) is 4.79 Å². The summed E-state index contributed by atoms with van der Waals surface area (Å²) in [6.45, 7) is 6.88. The van der Waals surface area contributed by atoms with E-state index in [-0.39, 0.29) is 11.3 Å². The van der Waals surface area contributed by atoms with Crippen LogP contribution >= 0.6 is 0 Å². The van der Waals surface area contributed by atoms with E-state index in [9.17, 15) is 4.79 Å². The number of amides is 1. The number of aromatic nitrogens is 1. The molecule has 4 nitrogen and oxygen atoms in total. The highest BCUT2D eigenvalue weighted by Gasteiger charge is 2.18. The normalized spacial score (nSPS) is 13.4. The van der Waals surface area contributed by atoms with Crippen molar-refractivity contribution in [3.05, 3.63) is 36.0 Å². The van der Waals surface area contributed by atoms with Crippen LogP contribution in [0.5, 0.6) is 0 Å². The standard InChI is InChI=1S/C16H23N3O/c1-16(2,3)10-19-15(20)13(17)8-11-9-18-14-7-5-4-6-12(11)14/h4-7,9,13,18H,8,10,17H2,1-3H3,(H,19,20)/t13-/m0/s1. The number of rotatable bonds is 4. The van der Waals surface area contributed by atoms with Crippen LogP contribution in [0.2, 0.25) is 0 Å². The van der Waals surface area contributed by atoms with E-state index in [0.717, 1.165) is 16.5 Å². The van der Waals surface area contributed by atoms with Crippen LogP contribution in [0.25, 0.3) is 10.9 Å². The van der Waals surface area contributed by atoms with Gasteiger partial charge in [0, 0.05) is 23.6 Å². The van der Waals surface area contributed by atoms with Gasteiger partial charge < -0.3 is 16.0 Å². The number of carbonyl (C=O) groups excluding carboxylic acids is 1. The summed E-state index contributed by atoms with van der Waals surface area (Å²) in [5.41, 5.74) is 8.22. The average molecular weight is 273 g/mol. The van der Waals surface area contributed by atoms with Gasteiger partial charge in [-0.05, 0) is 23.5 Å². The Morgan fingerprint density at radius 3 is 2.75 bits per heavy atom. The number of H-pyrrole nitrogens is 1. The molecule has 2 rings (SSSR count). The average Bonchev–Trinajstić information content (AvgIpc) is 2.78. The summed E-state index contributed by atoms with van der Waals surface area (Å²) in [7, 11) is 0. The van der Waals surface area contributed by atoms with Gasteiger partial charge in [-0.25, -0.2) is 0 Å². The van der Waals surface area contributed by atoms with Crippen molar-refractivity contribution in [1.82, 2.24) is 10.3 Å². The molecule has 1 aromatic carbocycles. The van der Waals surface area contributed by atoms with E-state index in [2.05, 4.69) is 31.1 Å². The molecule has 0 aliphatic rings. The Labute approximate surface area is 119 Å². The molecular weight excluding hydrogens is 250 g/mol. The highest BCUT2D eigenvalue weighted by atomic mass is 16.2. The molecule has 0 aliphatic heterocycles. The smallest absolute Gasteiger partial charge is 0.237 e. The largest absolute Gasteiger partial charge is 0.361 e. The molecular formula is C16H23N3O. The highest BCUT2D eigenvalue weighted by Crippen LogP contribution is 2.18.